The monoisotopic (exact) mass is 241 g/mol. The summed E-state index contributed by atoms with van der Waals surface area (Å²) in [7, 11) is 0. The van der Waals surface area contributed by atoms with Gasteiger partial charge < -0.3 is 15.8 Å². The van der Waals surface area contributed by atoms with Gasteiger partial charge in [-0.2, -0.15) is 0 Å². The minimum absolute atomic E-state index is 0.170. The summed E-state index contributed by atoms with van der Waals surface area (Å²) in [6.45, 7) is 0.750. The van der Waals surface area contributed by atoms with Gasteiger partial charge in [0, 0.05) is 12.6 Å². The van der Waals surface area contributed by atoms with Crippen molar-refractivity contribution in [3.8, 4) is 5.75 Å². The molecule has 1 aliphatic rings. The van der Waals surface area contributed by atoms with Crippen LogP contribution in [0.2, 0.25) is 0 Å². The largest absolute Gasteiger partial charge is 0.488 e. The lowest BCUT2D eigenvalue weighted by molar-refractivity contribution is 0.246. The van der Waals surface area contributed by atoms with Gasteiger partial charge in [0.1, 0.15) is 11.9 Å². The number of fused-ring (bicyclic) bond motifs is 1. The molecule has 0 amide bonds. The number of ether oxygens (including phenoxy) is 1. The van der Waals surface area contributed by atoms with Crippen molar-refractivity contribution in [2.45, 2.75) is 12.5 Å². The van der Waals surface area contributed by atoms with Gasteiger partial charge in [-0.15, -0.1) is 0 Å². The summed E-state index contributed by atoms with van der Waals surface area (Å²) in [5.74, 6) is 0.995. The molecule has 1 aromatic carbocycles. The molecule has 2 heterocycles. The summed E-state index contributed by atoms with van der Waals surface area (Å²) >= 11 is 0. The average molecular weight is 241 g/mol. The highest BCUT2D eigenvalue weighted by Crippen LogP contribution is 2.28. The maximum Gasteiger partial charge on any atom is 0.123 e. The molecule has 3 N–H and O–H groups in total. The highest BCUT2D eigenvalue weighted by Gasteiger charge is 2.21. The van der Waals surface area contributed by atoms with E-state index in [9.17, 15) is 0 Å². The van der Waals surface area contributed by atoms with Crippen molar-refractivity contribution in [3.05, 3.63) is 48.3 Å². The van der Waals surface area contributed by atoms with Crippen molar-refractivity contribution in [2.75, 3.05) is 17.6 Å². The Morgan fingerprint density at radius 3 is 3.06 bits per heavy atom. The van der Waals surface area contributed by atoms with Crippen molar-refractivity contribution < 1.29 is 4.74 Å². The van der Waals surface area contributed by atoms with Crippen molar-refractivity contribution >= 4 is 11.4 Å². The SMILES string of the molecule is Nc1cncc(NCC2Cc3ccccc3O2)c1. The van der Waals surface area contributed by atoms with Gasteiger partial charge in [0.05, 0.1) is 24.1 Å². The first-order valence-electron chi connectivity index (χ1n) is 6.00. The molecule has 1 unspecified atom stereocenters. The van der Waals surface area contributed by atoms with Crippen molar-refractivity contribution in [1.82, 2.24) is 4.98 Å². The van der Waals surface area contributed by atoms with E-state index in [0.29, 0.717) is 5.69 Å². The predicted octanol–water partition coefficient (Wildman–Crippen LogP) is 2.08. The van der Waals surface area contributed by atoms with Crippen LogP contribution >= 0.6 is 0 Å². The Bertz CT molecular complexity index is 531. The number of anilines is 2. The minimum Gasteiger partial charge on any atom is -0.488 e. The summed E-state index contributed by atoms with van der Waals surface area (Å²) in [6, 6.07) is 10.0. The number of hydrogen-bond acceptors (Lipinski definition) is 4. The van der Waals surface area contributed by atoms with Crippen LogP contribution in [0.5, 0.6) is 5.75 Å². The lowest BCUT2D eigenvalue weighted by Gasteiger charge is -2.12. The van der Waals surface area contributed by atoms with Crippen LogP contribution < -0.4 is 15.8 Å². The second-order valence-corrected chi connectivity index (χ2v) is 4.44. The second kappa shape index (κ2) is 4.56. The van der Waals surface area contributed by atoms with E-state index in [1.54, 1.807) is 12.4 Å². The number of nitrogens with zero attached hydrogens (tertiary/aromatic N) is 1. The molecule has 1 atom stereocenters. The normalized spacial score (nSPS) is 17.0. The van der Waals surface area contributed by atoms with Gasteiger partial charge in [-0.05, 0) is 17.7 Å². The summed E-state index contributed by atoms with van der Waals surface area (Å²) in [5.41, 5.74) is 8.54. The van der Waals surface area contributed by atoms with Crippen LogP contribution in [0.25, 0.3) is 0 Å². The Hall–Kier alpha value is -2.23. The molecule has 2 aromatic rings. The molecule has 4 heteroatoms. The number of nitrogen functional groups attached to an aromatic ring is 1. The maximum atomic E-state index is 5.84. The molecule has 92 valence electrons. The predicted molar refractivity (Wildman–Crippen MR) is 71.7 cm³/mol. The van der Waals surface area contributed by atoms with Crippen LogP contribution in [-0.4, -0.2) is 17.6 Å². The summed E-state index contributed by atoms with van der Waals surface area (Å²) in [5, 5.41) is 3.29. The van der Waals surface area contributed by atoms with Crippen LogP contribution in [0.4, 0.5) is 11.4 Å². The molecular formula is C14H15N3O. The Morgan fingerprint density at radius 1 is 1.33 bits per heavy atom. The molecule has 0 spiro atoms. The topological polar surface area (TPSA) is 60.2 Å². The number of aromatic nitrogens is 1. The molecule has 0 aliphatic carbocycles. The molecule has 0 radical (unpaired) electrons. The fourth-order valence-corrected chi connectivity index (χ4v) is 2.15. The first-order valence-corrected chi connectivity index (χ1v) is 6.00. The molecule has 1 aliphatic heterocycles. The van der Waals surface area contributed by atoms with Crippen LogP contribution in [0.3, 0.4) is 0 Å². The van der Waals surface area contributed by atoms with Crippen LogP contribution in [-0.2, 0) is 6.42 Å². The number of para-hydroxylation sites is 1. The smallest absolute Gasteiger partial charge is 0.123 e. The Kier molecular flexibility index (Phi) is 2.76. The maximum absolute atomic E-state index is 5.84. The van der Waals surface area contributed by atoms with Crippen molar-refractivity contribution in [1.29, 1.82) is 0 Å². The number of pyridine rings is 1. The molecule has 0 saturated carbocycles. The van der Waals surface area contributed by atoms with Gasteiger partial charge in [-0.1, -0.05) is 18.2 Å². The van der Waals surface area contributed by atoms with E-state index in [0.717, 1.165) is 24.4 Å². The van der Waals surface area contributed by atoms with E-state index in [4.69, 9.17) is 10.5 Å². The lowest BCUT2D eigenvalue weighted by Crippen LogP contribution is -2.24. The van der Waals surface area contributed by atoms with E-state index >= 15 is 0 Å². The molecular weight excluding hydrogens is 226 g/mol. The highest BCUT2D eigenvalue weighted by molar-refractivity contribution is 5.51. The van der Waals surface area contributed by atoms with Crippen molar-refractivity contribution in [2.24, 2.45) is 0 Å². The molecule has 1 aromatic heterocycles. The van der Waals surface area contributed by atoms with Crippen LogP contribution in [0.15, 0.2) is 42.7 Å². The van der Waals surface area contributed by atoms with E-state index in [2.05, 4.69) is 16.4 Å². The Labute approximate surface area is 106 Å². The third kappa shape index (κ3) is 2.22. The van der Waals surface area contributed by atoms with Gasteiger partial charge in [0.15, 0.2) is 0 Å². The quantitative estimate of drug-likeness (QED) is 0.863. The number of rotatable bonds is 3. The molecule has 0 fully saturated rings. The zero-order valence-corrected chi connectivity index (χ0v) is 9.97. The molecule has 4 nitrogen and oxygen atoms in total. The molecule has 0 saturated heterocycles. The van der Waals surface area contributed by atoms with E-state index < -0.39 is 0 Å². The fraction of sp³-hybridized carbons (Fsp3) is 0.214. The van der Waals surface area contributed by atoms with Crippen LogP contribution in [0.1, 0.15) is 5.56 Å². The third-order valence-corrected chi connectivity index (χ3v) is 3.01. The van der Waals surface area contributed by atoms with E-state index in [1.807, 2.05) is 24.3 Å². The standard InChI is InChI=1S/C14H15N3O/c15-11-6-12(8-16-7-11)17-9-13-5-10-3-1-2-4-14(10)18-13/h1-4,6-8,13,17H,5,9,15H2. The molecule has 0 bridgehead atoms. The second-order valence-electron chi connectivity index (χ2n) is 4.44. The van der Waals surface area contributed by atoms with Crippen LogP contribution in [0, 0.1) is 0 Å². The van der Waals surface area contributed by atoms with E-state index in [1.165, 1.54) is 5.56 Å². The Morgan fingerprint density at radius 2 is 2.22 bits per heavy atom. The van der Waals surface area contributed by atoms with E-state index in [-0.39, 0.29) is 6.10 Å². The van der Waals surface area contributed by atoms with Gasteiger partial charge in [0.25, 0.3) is 0 Å². The van der Waals surface area contributed by atoms with Gasteiger partial charge >= 0.3 is 0 Å². The fourth-order valence-electron chi connectivity index (χ4n) is 2.15. The molecule has 18 heavy (non-hydrogen) atoms. The third-order valence-electron chi connectivity index (χ3n) is 3.01. The zero-order valence-electron chi connectivity index (χ0n) is 9.97. The summed E-state index contributed by atoms with van der Waals surface area (Å²) in [6.07, 6.45) is 4.51. The average Bonchev–Trinajstić information content (AvgIpc) is 2.79. The first kappa shape index (κ1) is 10.9. The first-order chi connectivity index (χ1) is 8.81. The minimum atomic E-state index is 0.170. The number of nitrogens with two attached hydrogens (primary N) is 1. The zero-order chi connectivity index (χ0) is 12.4. The van der Waals surface area contributed by atoms with Gasteiger partial charge in [-0.3, -0.25) is 4.98 Å². The highest BCUT2D eigenvalue weighted by atomic mass is 16.5. The molecule has 3 rings (SSSR count). The Balaban J connectivity index is 1.60. The number of nitrogens with one attached hydrogen (secondary N) is 1. The lowest BCUT2D eigenvalue weighted by atomic mass is 10.1. The summed E-state index contributed by atoms with van der Waals surface area (Å²) < 4.78 is 5.84. The number of hydrogen-bond donors (Lipinski definition) is 2. The van der Waals surface area contributed by atoms with Crippen molar-refractivity contribution in [3.63, 3.8) is 0 Å². The summed E-state index contributed by atoms with van der Waals surface area (Å²) in [4.78, 5) is 4.04. The van der Waals surface area contributed by atoms with Gasteiger partial charge in [0.2, 0.25) is 0 Å². The van der Waals surface area contributed by atoms with Gasteiger partial charge in [-0.25, -0.2) is 0 Å². The number of benzene rings is 1.